The van der Waals surface area contributed by atoms with Gasteiger partial charge in [-0.15, -0.1) is 0 Å². The van der Waals surface area contributed by atoms with Crippen LogP contribution in [0.1, 0.15) is 43.5 Å². The number of aryl methyl sites for hydroxylation is 1. The molecule has 0 atom stereocenters. The van der Waals surface area contributed by atoms with E-state index in [4.69, 9.17) is 5.26 Å². The Morgan fingerprint density at radius 3 is 2.72 bits per heavy atom. The molecule has 0 radical (unpaired) electrons. The first-order chi connectivity index (χ1) is 8.69. The molecular formula is C14H20N4. The third-order valence-electron chi connectivity index (χ3n) is 3.56. The Morgan fingerprint density at radius 1 is 1.33 bits per heavy atom. The minimum Gasteiger partial charge on any atom is -0.344 e. The Labute approximate surface area is 109 Å². The van der Waals surface area contributed by atoms with Crippen LogP contribution in [0.25, 0.3) is 0 Å². The van der Waals surface area contributed by atoms with Crippen molar-refractivity contribution in [3.05, 3.63) is 17.5 Å². The Bertz CT molecular complexity index is 444. The quantitative estimate of drug-likeness (QED) is 0.820. The van der Waals surface area contributed by atoms with Gasteiger partial charge in [0.1, 0.15) is 11.8 Å². The van der Waals surface area contributed by atoms with E-state index < -0.39 is 0 Å². The molecule has 0 spiro atoms. The van der Waals surface area contributed by atoms with Crippen LogP contribution in [-0.2, 0) is 0 Å². The predicted octanol–water partition coefficient (Wildman–Crippen LogP) is 2.67. The monoisotopic (exact) mass is 244 g/mol. The molecule has 0 bridgehead atoms. The fourth-order valence-electron chi connectivity index (χ4n) is 2.62. The largest absolute Gasteiger partial charge is 0.344 e. The molecule has 0 saturated heterocycles. The number of aromatic nitrogens is 2. The molecule has 0 aromatic carbocycles. The SMILES string of the molecule is Cc1cc(C#N)nc(N(C)CC2CCCCC2)n1. The molecule has 1 aliphatic rings. The van der Waals surface area contributed by atoms with Crippen molar-refractivity contribution in [3.63, 3.8) is 0 Å². The van der Waals surface area contributed by atoms with Crippen LogP contribution in [0.4, 0.5) is 5.95 Å². The van der Waals surface area contributed by atoms with Crippen molar-refractivity contribution in [3.8, 4) is 6.07 Å². The standard InChI is InChI=1S/C14H20N4/c1-11-8-13(9-15)17-14(16-11)18(2)10-12-6-4-3-5-7-12/h8,12H,3-7,10H2,1-2H3. The lowest BCUT2D eigenvalue weighted by Gasteiger charge is -2.27. The van der Waals surface area contributed by atoms with E-state index in [2.05, 4.69) is 20.9 Å². The van der Waals surface area contributed by atoms with Crippen LogP contribution in [0.3, 0.4) is 0 Å². The normalized spacial score (nSPS) is 16.3. The minimum absolute atomic E-state index is 0.452. The van der Waals surface area contributed by atoms with Crippen molar-refractivity contribution in [1.82, 2.24) is 9.97 Å². The van der Waals surface area contributed by atoms with Crippen LogP contribution in [0.5, 0.6) is 0 Å². The number of hydrogen-bond acceptors (Lipinski definition) is 4. The smallest absolute Gasteiger partial charge is 0.226 e. The van der Waals surface area contributed by atoms with Gasteiger partial charge in [0, 0.05) is 19.3 Å². The van der Waals surface area contributed by atoms with Crippen LogP contribution in [-0.4, -0.2) is 23.6 Å². The molecule has 4 nitrogen and oxygen atoms in total. The van der Waals surface area contributed by atoms with Gasteiger partial charge >= 0.3 is 0 Å². The highest BCUT2D eigenvalue weighted by molar-refractivity contribution is 5.35. The first kappa shape index (κ1) is 12.8. The molecule has 1 heterocycles. The summed E-state index contributed by atoms with van der Waals surface area (Å²) in [4.78, 5) is 10.8. The predicted molar refractivity (Wildman–Crippen MR) is 71.3 cm³/mol. The summed E-state index contributed by atoms with van der Waals surface area (Å²) >= 11 is 0. The number of hydrogen-bond donors (Lipinski definition) is 0. The average molecular weight is 244 g/mol. The molecule has 0 amide bonds. The summed E-state index contributed by atoms with van der Waals surface area (Å²) in [5, 5.41) is 8.93. The van der Waals surface area contributed by atoms with Gasteiger partial charge in [0.05, 0.1) is 0 Å². The van der Waals surface area contributed by atoms with Crippen LogP contribution in [0.2, 0.25) is 0 Å². The van der Waals surface area contributed by atoms with Crippen molar-refractivity contribution >= 4 is 5.95 Å². The van der Waals surface area contributed by atoms with E-state index in [0.29, 0.717) is 11.6 Å². The van der Waals surface area contributed by atoms with Crippen molar-refractivity contribution < 1.29 is 0 Å². The van der Waals surface area contributed by atoms with Gasteiger partial charge in [-0.25, -0.2) is 9.97 Å². The zero-order chi connectivity index (χ0) is 13.0. The zero-order valence-corrected chi connectivity index (χ0v) is 11.2. The molecule has 18 heavy (non-hydrogen) atoms. The maximum Gasteiger partial charge on any atom is 0.226 e. The molecule has 1 aromatic heterocycles. The summed E-state index contributed by atoms with van der Waals surface area (Å²) < 4.78 is 0. The maximum atomic E-state index is 8.93. The molecule has 4 heteroatoms. The van der Waals surface area contributed by atoms with Crippen molar-refractivity contribution in [1.29, 1.82) is 5.26 Å². The fourth-order valence-corrected chi connectivity index (χ4v) is 2.62. The lowest BCUT2D eigenvalue weighted by molar-refractivity contribution is 0.361. The van der Waals surface area contributed by atoms with Crippen molar-refractivity contribution in [2.24, 2.45) is 5.92 Å². The van der Waals surface area contributed by atoms with Crippen LogP contribution in [0, 0.1) is 24.2 Å². The number of rotatable bonds is 3. The number of anilines is 1. The molecule has 2 rings (SSSR count). The molecule has 0 N–H and O–H groups in total. The van der Waals surface area contributed by atoms with Gasteiger partial charge in [0.25, 0.3) is 0 Å². The van der Waals surface area contributed by atoms with E-state index in [0.717, 1.165) is 18.2 Å². The van der Waals surface area contributed by atoms with Crippen molar-refractivity contribution in [2.75, 3.05) is 18.5 Å². The van der Waals surface area contributed by atoms with Gasteiger partial charge in [-0.05, 0) is 31.7 Å². The lowest BCUT2D eigenvalue weighted by atomic mass is 9.89. The fraction of sp³-hybridized carbons (Fsp3) is 0.643. The molecular weight excluding hydrogens is 224 g/mol. The number of nitriles is 1. The maximum absolute atomic E-state index is 8.93. The van der Waals surface area contributed by atoms with Crippen LogP contribution in [0.15, 0.2) is 6.07 Å². The first-order valence-electron chi connectivity index (χ1n) is 6.66. The van der Waals surface area contributed by atoms with E-state index >= 15 is 0 Å². The van der Waals surface area contributed by atoms with Crippen LogP contribution < -0.4 is 4.90 Å². The van der Waals surface area contributed by atoms with Gasteiger partial charge in [-0.2, -0.15) is 5.26 Å². The Hall–Kier alpha value is -1.63. The van der Waals surface area contributed by atoms with Gasteiger partial charge < -0.3 is 4.90 Å². The highest BCUT2D eigenvalue weighted by atomic mass is 15.2. The van der Waals surface area contributed by atoms with E-state index in [1.165, 1.54) is 32.1 Å². The minimum atomic E-state index is 0.452. The number of nitrogens with zero attached hydrogens (tertiary/aromatic N) is 4. The topological polar surface area (TPSA) is 52.8 Å². The average Bonchev–Trinajstić information content (AvgIpc) is 2.39. The molecule has 1 aliphatic carbocycles. The summed E-state index contributed by atoms with van der Waals surface area (Å²) in [5.41, 5.74) is 1.31. The van der Waals surface area contributed by atoms with E-state index in [-0.39, 0.29) is 0 Å². The Kier molecular flexibility index (Phi) is 4.14. The zero-order valence-electron chi connectivity index (χ0n) is 11.2. The van der Waals surface area contributed by atoms with Gasteiger partial charge in [-0.3, -0.25) is 0 Å². The Morgan fingerprint density at radius 2 is 2.06 bits per heavy atom. The van der Waals surface area contributed by atoms with E-state index in [9.17, 15) is 0 Å². The molecule has 96 valence electrons. The molecule has 1 aromatic rings. The molecule has 1 saturated carbocycles. The highest BCUT2D eigenvalue weighted by Crippen LogP contribution is 2.25. The molecule has 1 fully saturated rings. The third kappa shape index (κ3) is 3.19. The second-order valence-corrected chi connectivity index (χ2v) is 5.19. The van der Waals surface area contributed by atoms with E-state index in [1.54, 1.807) is 6.07 Å². The summed E-state index contributed by atoms with van der Waals surface area (Å²) in [6.07, 6.45) is 6.68. The van der Waals surface area contributed by atoms with Crippen LogP contribution >= 0.6 is 0 Å². The van der Waals surface area contributed by atoms with Crippen molar-refractivity contribution in [2.45, 2.75) is 39.0 Å². The third-order valence-corrected chi connectivity index (χ3v) is 3.56. The van der Waals surface area contributed by atoms with Gasteiger partial charge in [-0.1, -0.05) is 19.3 Å². The van der Waals surface area contributed by atoms with Gasteiger partial charge in [0.2, 0.25) is 5.95 Å². The molecule has 0 aliphatic heterocycles. The molecule has 0 unspecified atom stereocenters. The summed E-state index contributed by atoms with van der Waals surface area (Å²) in [7, 11) is 2.02. The summed E-state index contributed by atoms with van der Waals surface area (Å²) in [5.74, 6) is 1.43. The second-order valence-electron chi connectivity index (χ2n) is 5.19. The summed E-state index contributed by atoms with van der Waals surface area (Å²) in [6, 6.07) is 3.81. The highest BCUT2D eigenvalue weighted by Gasteiger charge is 2.17. The van der Waals surface area contributed by atoms with Gasteiger partial charge in [0.15, 0.2) is 0 Å². The Balaban J connectivity index is 2.05. The summed E-state index contributed by atoms with van der Waals surface area (Å²) in [6.45, 7) is 2.90. The lowest BCUT2D eigenvalue weighted by Crippen LogP contribution is -2.28. The first-order valence-corrected chi connectivity index (χ1v) is 6.66. The van der Waals surface area contributed by atoms with E-state index in [1.807, 2.05) is 14.0 Å². The second kappa shape index (κ2) is 5.81.